The van der Waals surface area contributed by atoms with E-state index in [1.54, 1.807) is 9.36 Å². The molecule has 0 amide bonds. The number of anilines is 2. The van der Waals surface area contributed by atoms with Crippen LogP contribution in [0.25, 0.3) is 56.3 Å². The number of nitrogens with zero attached hydrogens (tertiary/aromatic N) is 6. The topological polar surface area (TPSA) is 113 Å². The molecule has 8 heteroatoms. The second-order valence-electron chi connectivity index (χ2n) is 9.32. The van der Waals surface area contributed by atoms with E-state index in [1.165, 1.54) is 0 Å². The first-order valence-electron chi connectivity index (χ1n) is 12.9. The minimum absolute atomic E-state index is 0.312. The molecule has 0 bridgehead atoms. The molecule has 40 heavy (non-hydrogen) atoms. The lowest BCUT2D eigenvalue weighted by molar-refractivity contribution is 0.895. The van der Waals surface area contributed by atoms with Gasteiger partial charge in [-0.1, -0.05) is 97.1 Å². The van der Waals surface area contributed by atoms with Crippen molar-refractivity contribution in [1.29, 1.82) is 0 Å². The second-order valence-corrected chi connectivity index (χ2v) is 9.32. The van der Waals surface area contributed by atoms with Gasteiger partial charge >= 0.3 is 0 Å². The predicted octanol–water partition coefficient (Wildman–Crippen LogP) is 6.17. The molecule has 0 aliphatic carbocycles. The Bertz CT molecular complexity index is 1950. The molecule has 4 N–H and O–H groups in total. The van der Waals surface area contributed by atoms with Crippen LogP contribution in [0.1, 0.15) is 0 Å². The Morgan fingerprint density at radius 2 is 0.975 bits per heavy atom. The van der Waals surface area contributed by atoms with Crippen LogP contribution in [-0.4, -0.2) is 29.5 Å². The van der Waals surface area contributed by atoms with Gasteiger partial charge in [-0.3, -0.25) is 0 Å². The fraction of sp³-hybridized carbons (Fsp3) is 0. The van der Waals surface area contributed by atoms with Crippen molar-refractivity contribution >= 4 is 22.7 Å². The molecule has 0 aliphatic heterocycles. The van der Waals surface area contributed by atoms with Crippen molar-refractivity contribution in [2.24, 2.45) is 0 Å². The summed E-state index contributed by atoms with van der Waals surface area (Å²) < 4.78 is 3.52. The molecule has 192 valence electrons. The zero-order valence-electron chi connectivity index (χ0n) is 21.4. The van der Waals surface area contributed by atoms with E-state index in [1.807, 2.05) is 121 Å². The summed E-state index contributed by atoms with van der Waals surface area (Å²) in [6, 6.07) is 39.4. The minimum atomic E-state index is 0.312. The second kappa shape index (κ2) is 9.52. The van der Waals surface area contributed by atoms with Crippen LogP contribution in [0.3, 0.4) is 0 Å². The number of hydrogen-bond donors (Lipinski definition) is 2. The molecule has 7 rings (SSSR count). The van der Waals surface area contributed by atoms with Crippen molar-refractivity contribution in [2.45, 2.75) is 0 Å². The van der Waals surface area contributed by atoms with Crippen LogP contribution in [0.4, 0.5) is 11.6 Å². The van der Waals surface area contributed by atoms with Crippen LogP contribution in [0.5, 0.6) is 0 Å². The predicted molar refractivity (Wildman–Crippen MR) is 159 cm³/mol. The lowest BCUT2D eigenvalue weighted by Gasteiger charge is -2.08. The van der Waals surface area contributed by atoms with E-state index in [0.717, 1.165) is 22.5 Å². The van der Waals surface area contributed by atoms with Gasteiger partial charge in [0, 0.05) is 11.1 Å². The lowest BCUT2D eigenvalue weighted by atomic mass is 10.1. The van der Waals surface area contributed by atoms with Crippen molar-refractivity contribution in [3.05, 3.63) is 121 Å². The smallest absolute Gasteiger partial charge is 0.169 e. The van der Waals surface area contributed by atoms with Crippen molar-refractivity contribution in [2.75, 3.05) is 11.5 Å². The van der Waals surface area contributed by atoms with Crippen LogP contribution in [0, 0.1) is 0 Å². The highest BCUT2D eigenvalue weighted by Crippen LogP contribution is 2.39. The van der Waals surface area contributed by atoms with Gasteiger partial charge in [0.25, 0.3) is 0 Å². The van der Waals surface area contributed by atoms with Crippen molar-refractivity contribution < 1.29 is 0 Å². The summed E-state index contributed by atoms with van der Waals surface area (Å²) >= 11 is 0. The molecular weight excluding hydrogens is 496 g/mol. The summed E-state index contributed by atoms with van der Waals surface area (Å²) in [7, 11) is 0. The van der Waals surface area contributed by atoms with Gasteiger partial charge in [-0.25, -0.2) is 19.3 Å². The molecule has 7 aromatic rings. The Morgan fingerprint density at radius 3 is 1.55 bits per heavy atom. The van der Waals surface area contributed by atoms with Crippen molar-refractivity contribution in [1.82, 2.24) is 29.5 Å². The number of fused-ring (bicyclic) bond motifs is 1. The highest BCUT2D eigenvalue weighted by Gasteiger charge is 2.26. The SMILES string of the molecule is Nc1nc(-c2c(-c3ccccc3)nn(-c3ccccc3)c2N)nc2c1c(-c1ccccc1)nn2-c1ccccc1. The standard InChI is InChI=1S/C32H24N8/c33-29-25-27(21-13-5-1-6-14-21)38-40(24-19-11-4-12-20-24)32(25)36-31(35-29)26-28(22-15-7-2-8-16-22)37-39(30(26)34)23-17-9-3-10-18-23/h1-20H,34H2,(H2,33,35,36). The average molecular weight is 521 g/mol. The first kappa shape index (κ1) is 23.4. The highest BCUT2D eigenvalue weighted by molar-refractivity contribution is 6.00. The van der Waals surface area contributed by atoms with E-state index in [4.69, 9.17) is 31.6 Å². The van der Waals surface area contributed by atoms with Gasteiger partial charge in [0.2, 0.25) is 0 Å². The van der Waals surface area contributed by atoms with Crippen LogP contribution in [0.2, 0.25) is 0 Å². The monoisotopic (exact) mass is 520 g/mol. The number of benzene rings is 4. The maximum Gasteiger partial charge on any atom is 0.169 e. The fourth-order valence-electron chi connectivity index (χ4n) is 4.92. The van der Waals surface area contributed by atoms with Gasteiger partial charge in [-0.15, -0.1) is 0 Å². The molecule has 0 unspecified atom stereocenters. The maximum absolute atomic E-state index is 6.80. The summed E-state index contributed by atoms with van der Waals surface area (Å²) in [4.78, 5) is 9.86. The Balaban J connectivity index is 1.53. The van der Waals surface area contributed by atoms with Gasteiger partial charge in [0.05, 0.1) is 22.3 Å². The molecule has 0 radical (unpaired) electrons. The van der Waals surface area contributed by atoms with E-state index in [2.05, 4.69) is 0 Å². The Hall–Kier alpha value is -5.76. The van der Waals surface area contributed by atoms with Gasteiger partial charge < -0.3 is 11.5 Å². The molecule has 0 aliphatic rings. The number of hydrogen-bond acceptors (Lipinski definition) is 6. The Kier molecular flexibility index (Phi) is 5.56. The molecule has 4 aromatic carbocycles. The van der Waals surface area contributed by atoms with E-state index in [-0.39, 0.29) is 0 Å². The number of nitrogens with two attached hydrogens (primary N) is 2. The van der Waals surface area contributed by atoms with Crippen LogP contribution in [0.15, 0.2) is 121 Å². The van der Waals surface area contributed by atoms with Crippen LogP contribution >= 0.6 is 0 Å². The van der Waals surface area contributed by atoms with E-state index in [0.29, 0.717) is 45.4 Å². The molecule has 8 nitrogen and oxygen atoms in total. The molecule has 0 saturated heterocycles. The quantitative estimate of drug-likeness (QED) is 0.281. The van der Waals surface area contributed by atoms with Crippen LogP contribution in [-0.2, 0) is 0 Å². The Morgan fingerprint density at radius 1 is 0.500 bits per heavy atom. The lowest BCUT2D eigenvalue weighted by Crippen LogP contribution is -2.04. The largest absolute Gasteiger partial charge is 0.383 e. The molecule has 0 atom stereocenters. The summed E-state index contributed by atoms with van der Waals surface area (Å²) in [6.07, 6.45) is 0. The first-order valence-corrected chi connectivity index (χ1v) is 12.9. The maximum atomic E-state index is 6.80. The summed E-state index contributed by atoms with van der Waals surface area (Å²) in [5.41, 5.74) is 19.6. The third-order valence-corrected chi connectivity index (χ3v) is 6.80. The average Bonchev–Trinajstić information content (AvgIpc) is 3.57. The van der Waals surface area contributed by atoms with E-state index >= 15 is 0 Å². The summed E-state index contributed by atoms with van der Waals surface area (Å²) in [5, 5.41) is 10.6. The number of para-hydroxylation sites is 2. The third kappa shape index (κ3) is 3.86. The normalized spacial score (nSPS) is 11.2. The third-order valence-electron chi connectivity index (χ3n) is 6.80. The van der Waals surface area contributed by atoms with Crippen molar-refractivity contribution in [3.63, 3.8) is 0 Å². The molecule has 3 aromatic heterocycles. The highest BCUT2D eigenvalue weighted by atomic mass is 15.3. The molecular formula is C32H24N8. The molecule has 0 fully saturated rings. The number of nitrogen functional groups attached to an aromatic ring is 2. The summed E-state index contributed by atoms with van der Waals surface area (Å²) in [6.45, 7) is 0. The van der Waals surface area contributed by atoms with Gasteiger partial charge in [0.1, 0.15) is 23.0 Å². The zero-order valence-corrected chi connectivity index (χ0v) is 21.4. The molecule has 0 saturated carbocycles. The van der Waals surface area contributed by atoms with Crippen LogP contribution < -0.4 is 11.5 Å². The molecule has 0 spiro atoms. The van der Waals surface area contributed by atoms with E-state index in [9.17, 15) is 0 Å². The van der Waals surface area contributed by atoms with Gasteiger partial charge in [-0.05, 0) is 24.3 Å². The Labute approximate surface area is 230 Å². The number of rotatable bonds is 5. The minimum Gasteiger partial charge on any atom is -0.383 e. The molecule has 3 heterocycles. The van der Waals surface area contributed by atoms with Gasteiger partial charge in [-0.2, -0.15) is 10.2 Å². The first-order chi connectivity index (χ1) is 19.7. The summed E-state index contributed by atoms with van der Waals surface area (Å²) in [5.74, 6) is 1.10. The van der Waals surface area contributed by atoms with Gasteiger partial charge in [0.15, 0.2) is 11.5 Å². The number of aromatic nitrogens is 6. The van der Waals surface area contributed by atoms with Crippen molar-refractivity contribution in [3.8, 4) is 45.3 Å². The zero-order chi connectivity index (χ0) is 27.1. The fourth-order valence-corrected chi connectivity index (χ4v) is 4.92. The van der Waals surface area contributed by atoms with E-state index < -0.39 is 0 Å².